The van der Waals surface area contributed by atoms with Crippen molar-refractivity contribution >= 4 is 27.8 Å². The lowest BCUT2D eigenvalue weighted by Crippen LogP contribution is -2.15. The highest BCUT2D eigenvalue weighted by atomic mass is 32.2. The van der Waals surface area contributed by atoms with Crippen LogP contribution in [-0.2, 0) is 16.4 Å². The van der Waals surface area contributed by atoms with E-state index < -0.39 is 16.0 Å². The lowest BCUT2D eigenvalue weighted by molar-refractivity contribution is 0.0696. The number of thioether (sulfide) groups is 1. The predicted octanol–water partition coefficient (Wildman–Crippen LogP) is 3.55. The maximum absolute atomic E-state index is 12.2. The Kier molecular flexibility index (Phi) is 6.53. The fourth-order valence-electron chi connectivity index (χ4n) is 2.55. The monoisotopic (exact) mass is 430 g/mol. The normalized spacial score (nSPS) is 11.2. The average molecular weight is 431 g/mol. The number of carboxylic acids is 1. The number of hydrogen-bond donors (Lipinski definition) is 2. The van der Waals surface area contributed by atoms with Crippen LogP contribution < -0.4 is 9.88 Å². The zero-order valence-electron chi connectivity index (χ0n) is 15.2. The van der Waals surface area contributed by atoms with Crippen LogP contribution >= 0.6 is 11.8 Å². The topological polar surface area (TPSA) is 120 Å². The molecule has 9 heteroatoms. The van der Waals surface area contributed by atoms with Crippen LogP contribution in [0.3, 0.4) is 0 Å². The van der Waals surface area contributed by atoms with Gasteiger partial charge in [-0.05, 0) is 48.4 Å². The van der Waals surface area contributed by atoms with Gasteiger partial charge < -0.3 is 9.84 Å². The van der Waals surface area contributed by atoms with Crippen molar-refractivity contribution < 1.29 is 23.1 Å². The number of carbonyl (C=O) groups is 1. The first-order chi connectivity index (χ1) is 13.8. The fourth-order valence-corrected chi connectivity index (χ4v) is 4.37. The van der Waals surface area contributed by atoms with E-state index in [-0.39, 0.29) is 16.2 Å². The minimum atomic E-state index is -4.22. The van der Waals surface area contributed by atoms with E-state index in [4.69, 9.17) is 9.88 Å². The molecular formula is C20H18N2O5S2. The highest BCUT2D eigenvalue weighted by molar-refractivity contribution is 7.99. The molecule has 29 heavy (non-hydrogen) atoms. The maximum Gasteiger partial charge on any atom is 0.335 e. The average Bonchev–Trinajstić information content (AvgIpc) is 2.69. The maximum atomic E-state index is 12.2. The van der Waals surface area contributed by atoms with Crippen LogP contribution in [0, 0.1) is 0 Å². The van der Waals surface area contributed by atoms with Gasteiger partial charge in [0.25, 0.3) is 0 Å². The van der Waals surface area contributed by atoms with E-state index in [0.29, 0.717) is 22.8 Å². The van der Waals surface area contributed by atoms with Crippen LogP contribution in [0.4, 0.5) is 0 Å². The Bertz CT molecular complexity index is 1100. The summed E-state index contributed by atoms with van der Waals surface area (Å²) in [6.45, 7) is 0. The lowest BCUT2D eigenvalue weighted by Gasteiger charge is -2.15. The number of nitrogens with two attached hydrogens (primary N) is 1. The first-order valence-electron chi connectivity index (χ1n) is 8.53. The van der Waals surface area contributed by atoms with Crippen molar-refractivity contribution in [2.45, 2.75) is 16.2 Å². The van der Waals surface area contributed by atoms with Gasteiger partial charge in [0.05, 0.1) is 10.5 Å². The zero-order valence-corrected chi connectivity index (χ0v) is 16.8. The molecule has 0 fully saturated rings. The van der Waals surface area contributed by atoms with Gasteiger partial charge in [0.15, 0.2) is 5.75 Å². The number of para-hydroxylation sites is 1. The van der Waals surface area contributed by atoms with E-state index in [1.807, 2.05) is 12.1 Å². The smallest absolute Gasteiger partial charge is 0.335 e. The molecule has 3 N–H and O–H groups in total. The molecule has 0 spiro atoms. The van der Waals surface area contributed by atoms with Gasteiger partial charge in [-0.3, -0.25) is 4.98 Å². The highest BCUT2D eigenvalue weighted by Crippen LogP contribution is 2.39. The number of benzene rings is 2. The third-order valence-electron chi connectivity index (χ3n) is 3.94. The van der Waals surface area contributed by atoms with Crippen LogP contribution in [0.1, 0.15) is 15.9 Å². The molecule has 0 aliphatic heterocycles. The number of aryl methyl sites for hydroxylation is 1. The summed E-state index contributed by atoms with van der Waals surface area (Å²) in [6.07, 6.45) is 4.06. The minimum Gasteiger partial charge on any atom is -0.478 e. The Morgan fingerprint density at radius 1 is 1.10 bits per heavy atom. The van der Waals surface area contributed by atoms with Crippen LogP contribution in [0.5, 0.6) is 11.5 Å². The summed E-state index contributed by atoms with van der Waals surface area (Å²) in [5.74, 6) is -0.250. The summed E-state index contributed by atoms with van der Waals surface area (Å²) < 4.78 is 30.1. The molecule has 0 amide bonds. The molecule has 150 valence electrons. The number of rotatable bonds is 8. The van der Waals surface area contributed by atoms with Crippen LogP contribution in [0.25, 0.3) is 0 Å². The molecule has 1 aromatic heterocycles. The Hall–Kier alpha value is -2.88. The molecule has 3 aromatic rings. The molecule has 0 atom stereocenters. The van der Waals surface area contributed by atoms with E-state index in [9.17, 15) is 18.3 Å². The van der Waals surface area contributed by atoms with Crippen LogP contribution in [0.2, 0.25) is 0 Å². The second-order valence-corrected chi connectivity index (χ2v) is 8.69. The summed E-state index contributed by atoms with van der Waals surface area (Å²) in [7, 11) is -4.22. The Morgan fingerprint density at radius 2 is 1.79 bits per heavy atom. The zero-order chi connectivity index (χ0) is 20.9. The Labute approximate surface area is 172 Å². The second kappa shape index (κ2) is 9.08. The summed E-state index contributed by atoms with van der Waals surface area (Å²) in [4.78, 5) is 15.5. The van der Waals surface area contributed by atoms with Crippen molar-refractivity contribution in [3.05, 3.63) is 78.1 Å². The number of aromatic nitrogens is 1. The van der Waals surface area contributed by atoms with Gasteiger partial charge in [0.2, 0.25) is 10.0 Å². The second-order valence-electron chi connectivity index (χ2n) is 6.02. The minimum absolute atomic E-state index is 0.0171. The summed E-state index contributed by atoms with van der Waals surface area (Å²) in [5, 5.41) is 14.7. The fraction of sp³-hybridized carbons (Fsp3) is 0.100. The molecular weight excluding hydrogens is 412 g/mol. The number of hydrogen-bond acceptors (Lipinski definition) is 6. The van der Waals surface area contributed by atoms with Gasteiger partial charge in [-0.15, -0.1) is 11.8 Å². The molecule has 7 nitrogen and oxygen atoms in total. The Balaban J connectivity index is 2.00. The third kappa shape index (κ3) is 5.57. The molecule has 0 radical (unpaired) electrons. The molecule has 0 unspecified atom stereocenters. The van der Waals surface area contributed by atoms with E-state index in [0.717, 1.165) is 11.6 Å². The van der Waals surface area contributed by atoms with Gasteiger partial charge in [0.1, 0.15) is 10.6 Å². The molecule has 0 saturated carbocycles. The van der Waals surface area contributed by atoms with Gasteiger partial charge in [-0.25, -0.2) is 18.4 Å². The number of pyridine rings is 1. The summed E-state index contributed by atoms with van der Waals surface area (Å²) in [5.41, 5.74) is 0.875. The van der Waals surface area contributed by atoms with Crippen molar-refractivity contribution in [2.75, 3.05) is 5.75 Å². The molecule has 1 heterocycles. The molecule has 0 aliphatic rings. The predicted molar refractivity (Wildman–Crippen MR) is 110 cm³/mol. The van der Waals surface area contributed by atoms with Gasteiger partial charge in [-0.2, -0.15) is 0 Å². The largest absolute Gasteiger partial charge is 0.478 e. The highest BCUT2D eigenvalue weighted by Gasteiger charge is 2.23. The van der Waals surface area contributed by atoms with Gasteiger partial charge >= 0.3 is 5.97 Å². The van der Waals surface area contributed by atoms with Crippen LogP contribution in [0.15, 0.2) is 76.8 Å². The van der Waals surface area contributed by atoms with Crippen LogP contribution in [-0.4, -0.2) is 30.2 Å². The Morgan fingerprint density at radius 3 is 2.41 bits per heavy atom. The van der Waals surface area contributed by atoms with Crippen molar-refractivity contribution in [1.82, 2.24) is 4.98 Å². The number of primary sulfonamides is 1. The van der Waals surface area contributed by atoms with E-state index >= 15 is 0 Å². The lowest BCUT2D eigenvalue weighted by atomic mass is 10.2. The SMILES string of the molecule is NS(=O)(=O)c1cc(C(=O)O)cc(SCCc2ccncc2)c1Oc1ccccc1. The number of ether oxygens (including phenoxy) is 1. The standard InChI is InChI=1S/C20H18N2O5S2/c21-29(25,26)18-13-15(20(23)24)12-17(19(18)27-16-4-2-1-3-5-16)28-11-8-14-6-9-22-10-7-14/h1-7,9-10,12-13H,8,11H2,(H,23,24)(H2,21,25,26). The number of aromatic carboxylic acids is 1. The molecule has 0 saturated heterocycles. The number of carboxylic acid groups (broad SMARTS) is 1. The quantitative estimate of drug-likeness (QED) is 0.524. The number of sulfonamides is 1. The molecule has 0 bridgehead atoms. The summed E-state index contributed by atoms with van der Waals surface area (Å²) in [6, 6.07) is 14.8. The first kappa shape index (κ1) is 20.8. The third-order valence-corrected chi connectivity index (χ3v) is 5.87. The summed E-state index contributed by atoms with van der Waals surface area (Å²) >= 11 is 1.29. The van der Waals surface area contributed by atoms with E-state index in [1.165, 1.54) is 17.8 Å². The molecule has 2 aromatic carbocycles. The van der Waals surface area contributed by atoms with Gasteiger partial charge in [-0.1, -0.05) is 18.2 Å². The molecule has 3 rings (SSSR count). The first-order valence-corrected chi connectivity index (χ1v) is 11.1. The number of nitrogens with zero attached hydrogens (tertiary/aromatic N) is 1. The van der Waals surface area contributed by atoms with Gasteiger partial charge in [0, 0.05) is 18.1 Å². The van der Waals surface area contributed by atoms with Crippen molar-refractivity contribution in [2.24, 2.45) is 5.14 Å². The van der Waals surface area contributed by atoms with E-state index in [1.54, 1.807) is 42.7 Å². The van der Waals surface area contributed by atoms with E-state index in [2.05, 4.69) is 4.98 Å². The van der Waals surface area contributed by atoms with Crippen molar-refractivity contribution in [3.63, 3.8) is 0 Å². The van der Waals surface area contributed by atoms with Crippen molar-refractivity contribution in [3.8, 4) is 11.5 Å². The molecule has 0 aliphatic carbocycles. The van der Waals surface area contributed by atoms with Crippen molar-refractivity contribution in [1.29, 1.82) is 0 Å².